The topological polar surface area (TPSA) is 108 Å². The third-order valence-corrected chi connectivity index (χ3v) is 7.02. The first-order chi connectivity index (χ1) is 16.0. The molecule has 0 saturated carbocycles. The van der Waals surface area contributed by atoms with E-state index in [-0.39, 0.29) is 16.7 Å². The number of rotatable bonds is 8. The lowest BCUT2D eigenvalue weighted by atomic mass is 9.93. The van der Waals surface area contributed by atoms with E-state index in [1.54, 1.807) is 24.3 Å². The van der Waals surface area contributed by atoms with Gasteiger partial charge in [0.25, 0.3) is 5.91 Å². The Balaban J connectivity index is 1.75. The molecule has 1 fully saturated rings. The van der Waals surface area contributed by atoms with Gasteiger partial charge in [-0.3, -0.25) is 9.59 Å². The molecule has 1 saturated heterocycles. The highest BCUT2D eigenvalue weighted by Crippen LogP contribution is 2.31. The van der Waals surface area contributed by atoms with Gasteiger partial charge in [0.15, 0.2) is 15.7 Å². The van der Waals surface area contributed by atoms with Crippen molar-refractivity contribution in [3.8, 4) is 0 Å². The summed E-state index contributed by atoms with van der Waals surface area (Å²) in [4.78, 5) is 31.5. The Morgan fingerprint density at radius 3 is 2.53 bits per heavy atom. The fourth-order valence-corrected chi connectivity index (χ4v) is 4.58. The van der Waals surface area contributed by atoms with Crippen molar-refractivity contribution in [3.63, 3.8) is 0 Å². The molecule has 0 aliphatic carbocycles. The normalized spacial score (nSPS) is 14.8. The van der Waals surface area contributed by atoms with Gasteiger partial charge in [0.05, 0.1) is 10.6 Å². The molecule has 3 rings (SSSR count). The van der Waals surface area contributed by atoms with Crippen LogP contribution in [-0.2, 0) is 14.6 Å². The fraction of sp³-hybridized carbons (Fsp3) is 0.458. The van der Waals surface area contributed by atoms with Crippen LogP contribution in [0.3, 0.4) is 0 Å². The molecule has 184 valence electrons. The SMILES string of the molecule is CC(C)CNC(=O)CC1CCN(c2ncc(S(C)(=O)=O)cc2NC(=O)c2cccc(Cl)c2)CC1. The van der Waals surface area contributed by atoms with Gasteiger partial charge in [0, 0.05) is 49.1 Å². The van der Waals surface area contributed by atoms with E-state index in [9.17, 15) is 18.0 Å². The maximum absolute atomic E-state index is 12.8. The minimum Gasteiger partial charge on any atom is -0.356 e. The summed E-state index contributed by atoms with van der Waals surface area (Å²) in [6.07, 6.45) is 4.49. The molecule has 34 heavy (non-hydrogen) atoms. The first kappa shape index (κ1) is 26.0. The van der Waals surface area contributed by atoms with Crippen LogP contribution in [0.25, 0.3) is 0 Å². The Kier molecular flexibility index (Phi) is 8.54. The Morgan fingerprint density at radius 1 is 1.21 bits per heavy atom. The molecule has 1 aromatic heterocycles. The van der Waals surface area contributed by atoms with Crippen molar-refractivity contribution in [2.24, 2.45) is 11.8 Å². The molecule has 1 aliphatic heterocycles. The molecule has 0 unspecified atom stereocenters. The molecule has 2 heterocycles. The number of piperidine rings is 1. The highest BCUT2D eigenvalue weighted by Gasteiger charge is 2.25. The van der Waals surface area contributed by atoms with Crippen molar-refractivity contribution in [2.75, 3.05) is 36.1 Å². The summed E-state index contributed by atoms with van der Waals surface area (Å²) >= 11 is 6.01. The molecule has 2 N–H and O–H groups in total. The summed E-state index contributed by atoms with van der Waals surface area (Å²) in [5, 5.41) is 6.19. The number of amides is 2. The minimum atomic E-state index is -3.51. The van der Waals surface area contributed by atoms with Gasteiger partial charge in [-0.15, -0.1) is 0 Å². The average molecular weight is 507 g/mol. The zero-order valence-corrected chi connectivity index (χ0v) is 21.2. The summed E-state index contributed by atoms with van der Waals surface area (Å²) < 4.78 is 24.2. The van der Waals surface area contributed by atoms with E-state index >= 15 is 0 Å². The zero-order chi connectivity index (χ0) is 24.9. The van der Waals surface area contributed by atoms with Gasteiger partial charge in [-0.1, -0.05) is 31.5 Å². The van der Waals surface area contributed by atoms with Crippen LogP contribution in [0.15, 0.2) is 41.4 Å². The van der Waals surface area contributed by atoms with Gasteiger partial charge in [0.1, 0.15) is 0 Å². The molecule has 8 nitrogen and oxygen atoms in total. The number of nitrogens with zero attached hydrogens (tertiary/aromatic N) is 2. The number of carbonyl (C=O) groups is 2. The molecular weight excluding hydrogens is 476 g/mol. The molecule has 2 amide bonds. The monoisotopic (exact) mass is 506 g/mol. The maximum atomic E-state index is 12.8. The van der Waals surface area contributed by atoms with Crippen molar-refractivity contribution < 1.29 is 18.0 Å². The van der Waals surface area contributed by atoms with E-state index in [1.807, 2.05) is 4.90 Å². The smallest absolute Gasteiger partial charge is 0.255 e. The molecular formula is C24H31ClN4O4S. The highest BCUT2D eigenvalue weighted by molar-refractivity contribution is 7.90. The zero-order valence-electron chi connectivity index (χ0n) is 19.7. The molecule has 1 aromatic carbocycles. The van der Waals surface area contributed by atoms with E-state index < -0.39 is 15.7 Å². The lowest BCUT2D eigenvalue weighted by Crippen LogP contribution is -2.37. The lowest BCUT2D eigenvalue weighted by Gasteiger charge is -2.33. The lowest BCUT2D eigenvalue weighted by molar-refractivity contribution is -0.122. The number of hydrogen-bond acceptors (Lipinski definition) is 6. The quantitative estimate of drug-likeness (QED) is 0.564. The van der Waals surface area contributed by atoms with Crippen molar-refractivity contribution in [3.05, 3.63) is 47.1 Å². The second-order valence-corrected chi connectivity index (χ2v) is 11.6. The van der Waals surface area contributed by atoms with Crippen LogP contribution in [-0.4, -0.2) is 51.1 Å². The fourth-order valence-electron chi connectivity index (χ4n) is 3.81. The van der Waals surface area contributed by atoms with Gasteiger partial charge < -0.3 is 15.5 Å². The van der Waals surface area contributed by atoms with Crippen molar-refractivity contribution in [1.82, 2.24) is 10.3 Å². The predicted molar refractivity (Wildman–Crippen MR) is 134 cm³/mol. The Morgan fingerprint density at radius 2 is 1.91 bits per heavy atom. The standard InChI is InChI=1S/C24H31ClN4O4S/c1-16(2)14-26-22(30)11-17-7-9-29(10-8-17)23-21(13-20(15-27-23)34(3,32)33)28-24(31)18-5-4-6-19(25)12-18/h4-6,12-13,15-17H,7-11,14H2,1-3H3,(H,26,30)(H,28,31). The molecule has 0 atom stereocenters. The van der Waals surface area contributed by atoms with Crippen LogP contribution in [0.1, 0.15) is 43.5 Å². The average Bonchev–Trinajstić information content (AvgIpc) is 2.77. The van der Waals surface area contributed by atoms with Crippen molar-refractivity contribution in [1.29, 1.82) is 0 Å². The van der Waals surface area contributed by atoms with E-state index in [1.165, 1.54) is 12.3 Å². The predicted octanol–water partition coefficient (Wildman–Crippen LogP) is 3.77. The number of halogens is 1. The number of nitrogens with one attached hydrogen (secondary N) is 2. The largest absolute Gasteiger partial charge is 0.356 e. The number of sulfone groups is 1. The summed E-state index contributed by atoms with van der Waals surface area (Å²) in [5.41, 5.74) is 0.676. The summed E-state index contributed by atoms with van der Waals surface area (Å²) in [7, 11) is -3.51. The summed E-state index contributed by atoms with van der Waals surface area (Å²) in [5.74, 6) is 0.839. The van der Waals surface area contributed by atoms with E-state index in [4.69, 9.17) is 11.6 Å². The van der Waals surface area contributed by atoms with E-state index in [2.05, 4.69) is 29.5 Å². The van der Waals surface area contributed by atoms with Crippen molar-refractivity contribution >= 4 is 44.8 Å². The number of pyridine rings is 1. The van der Waals surface area contributed by atoms with Crippen LogP contribution in [0.4, 0.5) is 11.5 Å². The maximum Gasteiger partial charge on any atom is 0.255 e. The summed E-state index contributed by atoms with van der Waals surface area (Å²) in [6, 6.07) is 7.95. The number of benzene rings is 1. The highest BCUT2D eigenvalue weighted by atomic mass is 35.5. The van der Waals surface area contributed by atoms with Gasteiger partial charge >= 0.3 is 0 Å². The molecule has 1 aliphatic rings. The number of hydrogen-bond donors (Lipinski definition) is 2. The minimum absolute atomic E-state index is 0.0225. The molecule has 2 aromatic rings. The van der Waals surface area contributed by atoms with Crippen LogP contribution in [0, 0.1) is 11.8 Å². The van der Waals surface area contributed by atoms with Crippen LogP contribution >= 0.6 is 11.6 Å². The molecule has 0 spiro atoms. The van der Waals surface area contributed by atoms with E-state index in [0.29, 0.717) is 54.1 Å². The first-order valence-electron chi connectivity index (χ1n) is 11.3. The second kappa shape index (κ2) is 11.2. The summed E-state index contributed by atoms with van der Waals surface area (Å²) in [6.45, 7) is 6.08. The van der Waals surface area contributed by atoms with Crippen LogP contribution < -0.4 is 15.5 Å². The van der Waals surface area contributed by atoms with E-state index in [0.717, 1.165) is 19.1 Å². The number of anilines is 2. The third-order valence-electron chi connectivity index (χ3n) is 5.70. The molecule has 0 bridgehead atoms. The molecule has 10 heteroatoms. The molecule has 0 radical (unpaired) electrons. The first-order valence-corrected chi connectivity index (χ1v) is 13.6. The Labute approximate surface area is 206 Å². The number of aromatic nitrogens is 1. The van der Waals surface area contributed by atoms with Gasteiger partial charge in [-0.05, 0) is 48.9 Å². The Hall–Kier alpha value is -2.65. The van der Waals surface area contributed by atoms with Crippen LogP contribution in [0.5, 0.6) is 0 Å². The number of carbonyl (C=O) groups excluding carboxylic acids is 2. The van der Waals surface area contributed by atoms with Gasteiger partial charge in [-0.25, -0.2) is 13.4 Å². The van der Waals surface area contributed by atoms with Gasteiger partial charge in [-0.2, -0.15) is 0 Å². The second-order valence-electron chi connectivity index (χ2n) is 9.11. The van der Waals surface area contributed by atoms with Crippen molar-refractivity contribution in [2.45, 2.75) is 38.0 Å². The third kappa shape index (κ3) is 7.17. The van der Waals surface area contributed by atoms with Gasteiger partial charge in [0.2, 0.25) is 5.91 Å². The van der Waals surface area contributed by atoms with Crippen LogP contribution in [0.2, 0.25) is 5.02 Å². The Bertz CT molecular complexity index is 1150.